The predicted octanol–water partition coefficient (Wildman–Crippen LogP) is 0.942. The quantitative estimate of drug-likeness (QED) is 0.730. The maximum Gasteiger partial charge on any atom is 0.345 e. The van der Waals surface area contributed by atoms with Gasteiger partial charge < -0.3 is 14.4 Å². The van der Waals surface area contributed by atoms with Crippen LogP contribution >= 0.6 is 0 Å². The SMILES string of the molecule is Cn1nc2n(c1=O)CC1(CCN(C(=O)CCCOc3ccccc3)C1)OC2. The van der Waals surface area contributed by atoms with Gasteiger partial charge in [-0.1, -0.05) is 18.2 Å². The molecule has 144 valence electrons. The van der Waals surface area contributed by atoms with Gasteiger partial charge in [0.2, 0.25) is 5.91 Å². The fraction of sp³-hybridized carbons (Fsp3) is 0.526. The Kier molecular flexibility index (Phi) is 4.73. The average Bonchev–Trinajstić information content (AvgIpc) is 3.22. The van der Waals surface area contributed by atoms with E-state index in [1.807, 2.05) is 35.2 Å². The lowest BCUT2D eigenvalue weighted by atomic mass is 10.0. The third-order valence-corrected chi connectivity index (χ3v) is 5.25. The number of carbonyl (C=O) groups excluding carboxylic acids is 1. The number of para-hydroxylation sites is 1. The van der Waals surface area contributed by atoms with Gasteiger partial charge in [0.05, 0.1) is 19.7 Å². The summed E-state index contributed by atoms with van der Waals surface area (Å²) in [7, 11) is 1.64. The molecule has 2 aliphatic heterocycles. The molecular weight excluding hydrogens is 348 g/mol. The Morgan fingerprint density at radius 2 is 2.11 bits per heavy atom. The number of amides is 1. The molecule has 1 aromatic carbocycles. The topological polar surface area (TPSA) is 78.6 Å². The summed E-state index contributed by atoms with van der Waals surface area (Å²) in [6.45, 7) is 2.45. The van der Waals surface area contributed by atoms with Crippen molar-refractivity contribution in [2.24, 2.45) is 7.05 Å². The highest BCUT2D eigenvalue weighted by Crippen LogP contribution is 2.31. The van der Waals surface area contributed by atoms with E-state index in [2.05, 4.69) is 5.10 Å². The van der Waals surface area contributed by atoms with Crippen molar-refractivity contribution >= 4 is 5.91 Å². The van der Waals surface area contributed by atoms with Crippen LogP contribution in [-0.2, 0) is 29.7 Å². The zero-order valence-corrected chi connectivity index (χ0v) is 15.5. The maximum absolute atomic E-state index is 12.5. The third-order valence-electron chi connectivity index (χ3n) is 5.25. The molecule has 1 atom stereocenters. The monoisotopic (exact) mass is 372 g/mol. The van der Waals surface area contributed by atoms with E-state index in [0.717, 1.165) is 12.2 Å². The van der Waals surface area contributed by atoms with Crippen molar-refractivity contribution in [3.63, 3.8) is 0 Å². The molecule has 8 nitrogen and oxygen atoms in total. The van der Waals surface area contributed by atoms with Crippen LogP contribution in [0.5, 0.6) is 5.75 Å². The van der Waals surface area contributed by atoms with Gasteiger partial charge in [-0.15, -0.1) is 0 Å². The van der Waals surface area contributed by atoms with E-state index >= 15 is 0 Å². The highest BCUT2D eigenvalue weighted by molar-refractivity contribution is 5.76. The number of fused-ring (bicyclic) bond motifs is 1. The van der Waals surface area contributed by atoms with Gasteiger partial charge in [0.1, 0.15) is 18.0 Å². The van der Waals surface area contributed by atoms with Crippen molar-refractivity contribution in [2.75, 3.05) is 19.7 Å². The first-order valence-corrected chi connectivity index (χ1v) is 9.29. The molecule has 0 aliphatic carbocycles. The Labute approximate surface area is 157 Å². The largest absolute Gasteiger partial charge is 0.494 e. The van der Waals surface area contributed by atoms with E-state index in [1.54, 1.807) is 11.6 Å². The first-order valence-electron chi connectivity index (χ1n) is 9.29. The van der Waals surface area contributed by atoms with Gasteiger partial charge in [0, 0.05) is 20.0 Å². The highest BCUT2D eigenvalue weighted by Gasteiger charge is 2.44. The van der Waals surface area contributed by atoms with Gasteiger partial charge >= 0.3 is 5.69 Å². The van der Waals surface area contributed by atoms with E-state index in [4.69, 9.17) is 9.47 Å². The summed E-state index contributed by atoms with van der Waals surface area (Å²) in [4.78, 5) is 26.5. The molecule has 8 heteroatoms. The van der Waals surface area contributed by atoms with Crippen LogP contribution in [0, 0.1) is 0 Å². The molecule has 1 amide bonds. The predicted molar refractivity (Wildman–Crippen MR) is 97.4 cm³/mol. The van der Waals surface area contributed by atoms with E-state index in [0.29, 0.717) is 51.5 Å². The Bertz CT molecular complexity index is 876. The van der Waals surface area contributed by atoms with Gasteiger partial charge in [-0.25, -0.2) is 9.48 Å². The van der Waals surface area contributed by atoms with E-state index in [9.17, 15) is 9.59 Å². The molecule has 0 radical (unpaired) electrons. The van der Waals surface area contributed by atoms with Crippen LogP contribution in [0.3, 0.4) is 0 Å². The zero-order valence-electron chi connectivity index (χ0n) is 15.5. The number of hydrogen-bond acceptors (Lipinski definition) is 5. The summed E-state index contributed by atoms with van der Waals surface area (Å²) < 4.78 is 14.7. The fourth-order valence-electron chi connectivity index (χ4n) is 3.76. The van der Waals surface area contributed by atoms with Gasteiger partial charge in [-0.05, 0) is 25.0 Å². The second kappa shape index (κ2) is 7.19. The van der Waals surface area contributed by atoms with Crippen molar-refractivity contribution in [3.8, 4) is 5.75 Å². The summed E-state index contributed by atoms with van der Waals surface area (Å²) >= 11 is 0. The highest BCUT2D eigenvalue weighted by atomic mass is 16.5. The Balaban J connectivity index is 1.28. The maximum atomic E-state index is 12.5. The van der Waals surface area contributed by atoms with E-state index in [-0.39, 0.29) is 11.6 Å². The molecule has 2 aromatic rings. The van der Waals surface area contributed by atoms with Gasteiger partial charge in [-0.2, -0.15) is 5.10 Å². The first kappa shape index (κ1) is 17.8. The van der Waals surface area contributed by atoms with Crippen molar-refractivity contribution in [1.29, 1.82) is 0 Å². The molecule has 1 saturated heterocycles. The molecule has 3 heterocycles. The Morgan fingerprint density at radius 1 is 1.30 bits per heavy atom. The number of aryl methyl sites for hydroxylation is 1. The number of rotatable bonds is 5. The molecule has 2 aliphatic rings. The minimum absolute atomic E-state index is 0.108. The van der Waals surface area contributed by atoms with Crippen molar-refractivity contribution in [3.05, 3.63) is 46.6 Å². The number of nitrogens with zero attached hydrogens (tertiary/aromatic N) is 4. The molecule has 27 heavy (non-hydrogen) atoms. The molecular formula is C19H24N4O4. The van der Waals surface area contributed by atoms with Gasteiger partial charge in [-0.3, -0.25) is 9.36 Å². The molecule has 0 N–H and O–H groups in total. The van der Waals surface area contributed by atoms with Crippen molar-refractivity contribution in [1.82, 2.24) is 19.2 Å². The van der Waals surface area contributed by atoms with Gasteiger partial charge in [0.25, 0.3) is 0 Å². The molecule has 4 rings (SSSR count). The summed E-state index contributed by atoms with van der Waals surface area (Å²) in [6, 6.07) is 9.60. The fourth-order valence-corrected chi connectivity index (χ4v) is 3.76. The van der Waals surface area contributed by atoms with Crippen LogP contribution < -0.4 is 10.4 Å². The van der Waals surface area contributed by atoms with Crippen LogP contribution in [-0.4, -0.2) is 50.5 Å². The van der Waals surface area contributed by atoms with Crippen LogP contribution in [0.25, 0.3) is 0 Å². The van der Waals surface area contributed by atoms with E-state index in [1.165, 1.54) is 4.68 Å². The lowest BCUT2D eigenvalue weighted by Gasteiger charge is -2.33. The normalized spacial score (nSPS) is 21.4. The van der Waals surface area contributed by atoms with Crippen LogP contribution in [0.4, 0.5) is 0 Å². The van der Waals surface area contributed by atoms with Crippen molar-refractivity contribution in [2.45, 2.75) is 38.0 Å². The van der Waals surface area contributed by atoms with Crippen LogP contribution in [0.1, 0.15) is 25.1 Å². The summed E-state index contributed by atoms with van der Waals surface area (Å²) in [6.07, 6.45) is 1.85. The third kappa shape index (κ3) is 3.62. The number of ether oxygens (including phenoxy) is 2. The molecule has 0 bridgehead atoms. The Hall–Kier alpha value is -2.61. The lowest BCUT2D eigenvalue weighted by Crippen LogP contribution is -2.47. The number of likely N-dealkylation sites (tertiary alicyclic amines) is 1. The Morgan fingerprint density at radius 3 is 2.93 bits per heavy atom. The van der Waals surface area contributed by atoms with Crippen LogP contribution in [0.15, 0.2) is 35.1 Å². The second-order valence-electron chi connectivity index (χ2n) is 7.21. The minimum atomic E-state index is -0.476. The lowest BCUT2D eigenvalue weighted by molar-refractivity contribution is -0.133. The zero-order chi connectivity index (χ0) is 18.9. The molecule has 1 unspecified atom stereocenters. The molecule has 1 fully saturated rings. The summed E-state index contributed by atoms with van der Waals surface area (Å²) in [5.74, 6) is 1.57. The number of carbonyl (C=O) groups is 1. The molecule has 0 saturated carbocycles. The summed E-state index contributed by atoms with van der Waals surface area (Å²) in [5.41, 5.74) is -0.605. The first-order chi connectivity index (χ1) is 13.1. The number of benzene rings is 1. The standard InChI is InChI=1S/C19H24N4O4/c1-21-18(25)23-14-19(27-12-16(23)20-21)9-10-22(13-19)17(24)8-5-11-26-15-6-3-2-4-7-15/h2-4,6-7H,5,8-14H2,1H3. The molecule has 1 aromatic heterocycles. The van der Waals surface area contributed by atoms with Gasteiger partial charge in [0.15, 0.2) is 5.82 Å². The smallest absolute Gasteiger partial charge is 0.345 e. The summed E-state index contributed by atoms with van der Waals surface area (Å²) in [5, 5.41) is 4.18. The average molecular weight is 372 g/mol. The van der Waals surface area contributed by atoms with Crippen molar-refractivity contribution < 1.29 is 14.3 Å². The minimum Gasteiger partial charge on any atom is -0.494 e. The number of aromatic nitrogens is 3. The second-order valence-corrected chi connectivity index (χ2v) is 7.21. The van der Waals surface area contributed by atoms with Crippen LogP contribution in [0.2, 0.25) is 0 Å². The number of hydrogen-bond donors (Lipinski definition) is 0. The van der Waals surface area contributed by atoms with E-state index < -0.39 is 5.60 Å². The molecule has 1 spiro atoms.